The van der Waals surface area contributed by atoms with Gasteiger partial charge in [-0.2, -0.15) is 0 Å². The van der Waals surface area contributed by atoms with Gasteiger partial charge in [-0.25, -0.2) is 4.39 Å². The van der Waals surface area contributed by atoms with Gasteiger partial charge in [-0.3, -0.25) is 0 Å². The maximum absolute atomic E-state index is 12.6. The van der Waals surface area contributed by atoms with Gasteiger partial charge >= 0.3 is 0 Å². The maximum Gasteiger partial charge on any atom is 0.123 e. The average molecular weight is 181 g/mol. The summed E-state index contributed by atoms with van der Waals surface area (Å²) in [7, 11) is 0. The van der Waals surface area contributed by atoms with Crippen molar-refractivity contribution in [2.45, 2.75) is 19.8 Å². The van der Waals surface area contributed by atoms with Gasteiger partial charge in [0.1, 0.15) is 5.82 Å². The Hall–Kier alpha value is -0.890. The van der Waals surface area contributed by atoms with E-state index < -0.39 is 0 Å². The minimum atomic E-state index is -0.171. The highest BCUT2D eigenvalue weighted by Crippen LogP contribution is 2.11. The first-order valence-corrected chi connectivity index (χ1v) is 4.67. The summed E-state index contributed by atoms with van der Waals surface area (Å²) in [5.41, 5.74) is 6.63. The molecule has 2 heteroatoms. The molecule has 0 saturated heterocycles. The van der Waals surface area contributed by atoms with E-state index in [0.29, 0.717) is 5.92 Å². The van der Waals surface area contributed by atoms with Crippen LogP contribution in [0.5, 0.6) is 0 Å². The minimum Gasteiger partial charge on any atom is -0.330 e. The molecule has 0 amide bonds. The Bertz CT molecular complexity index is 243. The summed E-state index contributed by atoms with van der Waals surface area (Å²) < 4.78 is 12.6. The summed E-state index contributed by atoms with van der Waals surface area (Å²) in [6, 6.07) is 6.68. The van der Waals surface area contributed by atoms with E-state index in [1.54, 1.807) is 0 Å². The van der Waals surface area contributed by atoms with Crippen LogP contribution in [0, 0.1) is 11.7 Å². The van der Waals surface area contributed by atoms with Crippen molar-refractivity contribution in [2.24, 2.45) is 11.7 Å². The molecule has 72 valence electrons. The van der Waals surface area contributed by atoms with E-state index >= 15 is 0 Å². The zero-order valence-electron chi connectivity index (χ0n) is 7.96. The van der Waals surface area contributed by atoms with Crippen LogP contribution in [0.2, 0.25) is 0 Å². The monoisotopic (exact) mass is 181 g/mol. The van der Waals surface area contributed by atoms with Gasteiger partial charge in [0.15, 0.2) is 0 Å². The van der Waals surface area contributed by atoms with Gasteiger partial charge in [0.05, 0.1) is 0 Å². The largest absolute Gasteiger partial charge is 0.330 e. The Labute approximate surface area is 78.8 Å². The van der Waals surface area contributed by atoms with Crippen LogP contribution in [0.1, 0.15) is 18.9 Å². The smallest absolute Gasteiger partial charge is 0.123 e. The second-order valence-corrected chi connectivity index (χ2v) is 3.51. The van der Waals surface area contributed by atoms with Crippen LogP contribution in [0.3, 0.4) is 0 Å². The quantitative estimate of drug-likeness (QED) is 0.758. The van der Waals surface area contributed by atoms with Crippen LogP contribution in [-0.2, 0) is 6.42 Å². The molecule has 2 N–H and O–H groups in total. The second kappa shape index (κ2) is 4.97. The molecule has 1 nitrogen and oxygen atoms in total. The molecule has 1 aromatic rings. The summed E-state index contributed by atoms with van der Waals surface area (Å²) in [5, 5.41) is 0. The van der Waals surface area contributed by atoms with E-state index in [1.165, 1.54) is 17.7 Å². The predicted molar refractivity (Wildman–Crippen MR) is 52.9 cm³/mol. The average Bonchev–Trinajstić information content (AvgIpc) is 2.09. The molecule has 1 unspecified atom stereocenters. The van der Waals surface area contributed by atoms with Crippen molar-refractivity contribution in [3.8, 4) is 0 Å². The lowest BCUT2D eigenvalue weighted by atomic mass is 9.98. The van der Waals surface area contributed by atoms with E-state index in [0.717, 1.165) is 19.4 Å². The standard InChI is InChI=1S/C11H16FN/c1-9(6-7-13)8-10-2-4-11(12)5-3-10/h2-5,9H,6-8,13H2,1H3. The van der Waals surface area contributed by atoms with Crippen LogP contribution < -0.4 is 5.73 Å². The number of nitrogens with two attached hydrogens (primary N) is 1. The molecular formula is C11H16FN. The summed E-state index contributed by atoms with van der Waals surface area (Å²) in [6.07, 6.45) is 2.01. The van der Waals surface area contributed by atoms with Crippen molar-refractivity contribution in [1.82, 2.24) is 0 Å². The first-order chi connectivity index (χ1) is 6.22. The van der Waals surface area contributed by atoms with Crippen LogP contribution in [0.25, 0.3) is 0 Å². The van der Waals surface area contributed by atoms with Crippen molar-refractivity contribution in [3.05, 3.63) is 35.6 Å². The summed E-state index contributed by atoms with van der Waals surface area (Å²) in [5.74, 6) is 0.408. The van der Waals surface area contributed by atoms with Crippen LogP contribution in [0.4, 0.5) is 4.39 Å². The van der Waals surface area contributed by atoms with Gasteiger partial charge in [0.2, 0.25) is 0 Å². The lowest BCUT2D eigenvalue weighted by Crippen LogP contribution is -2.07. The van der Waals surface area contributed by atoms with Gasteiger partial charge in [-0.1, -0.05) is 19.1 Å². The van der Waals surface area contributed by atoms with Crippen molar-refractivity contribution in [3.63, 3.8) is 0 Å². The third-order valence-corrected chi connectivity index (χ3v) is 2.16. The van der Waals surface area contributed by atoms with Crippen molar-refractivity contribution >= 4 is 0 Å². The first-order valence-electron chi connectivity index (χ1n) is 4.67. The number of hydrogen-bond donors (Lipinski definition) is 1. The molecule has 0 heterocycles. The Morgan fingerprint density at radius 1 is 1.31 bits per heavy atom. The number of halogens is 1. The fourth-order valence-electron chi connectivity index (χ4n) is 1.41. The second-order valence-electron chi connectivity index (χ2n) is 3.51. The fraction of sp³-hybridized carbons (Fsp3) is 0.455. The van der Waals surface area contributed by atoms with Crippen molar-refractivity contribution in [2.75, 3.05) is 6.54 Å². The SMILES string of the molecule is CC(CCN)Cc1ccc(F)cc1. The summed E-state index contributed by atoms with van der Waals surface area (Å²) >= 11 is 0. The molecule has 0 bridgehead atoms. The summed E-state index contributed by atoms with van der Waals surface area (Å²) in [4.78, 5) is 0. The predicted octanol–water partition coefficient (Wildman–Crippen LogP) is 2.35. The van der Waals surface area contributed by atoms with Gasteiger partial charge in [-0.15, -0.1) is 0 Å². The Balaban J connectivity index is 2.49. The highest BCUT2D eigenvalue weighted by Gasteiger charge is 2.02. The molecule has 0 aliphatic carbocycles. The van der Waals surface area contributed by atoms with Crippen LogP contribution in [0.15, 0.2) is 24.3 Å². The Morgan fingerprint density at radius 3 is 2.46 bits per heavy atom. The molecule has 0 aliphatic heterocycles. The first kappa shape index (κ1) is 10.2. The third-order valence-electron chi connectivity index (χ3n) is 2.16. The van der Waals surface area contributed by atoms with Crippen LogP contribution >= 0.6 is 0 Å². The molecule has 0 aliphatic rings. The van der Waals surface area contributed by atoms with Crippen molar-refractivity contribution < 1.29 is 4.39 Å². The normalized spacial score (nSPS) is 12.8. The van der Waals surface area contributed by atoms with Gasteiger partial charge in [0.25, 0.3) is 0 Å². The van der Waals surface area contributed by atoms with E-state index in [2.05, 4.69) is 6.92 Å². The Morgan fingerprint density at radius 2 is 1.92 bits per heavy atom. The molecule has 0 fully saturated rings. The van der Waals surface area contributed by atoms with Gasteiger partial charge in [-0.05, 0) is 43.0 Å². The van der Waals surface area contributed by atoms with Crippen LogP contribution in [-0.4, -0.2) is 6.54 Å². The highest BCUT2D eigenvalue weighted by atomic mass is 19.1. The van der Waals surface area contributed by atoms with Crippen molar-refractivity contribution in [1.29, 1.82) is 0 Å². The van der Waals surface area contributed by atoms with E-state index in [4.69, 9.17) is 5.73 Å². The molecule has 1 aromatic carbocycles. The highest BCUT2D eigenvalue weighted by molar-refractivity contribution is 5.16. The number of hydrogen-bond acceptors (Lipinski definition) is 1. The van der Waals surface area contributed by atoms with E-state index in [1.807, 2.05) is 12.1 Å². The molecule has 0 spiro atoms. The number of benzene rings is 1. The Kier molecular flexibility index (Phi) is 3.90. The molecule has 13 heavy (non-hydrogen) atoms. The summed E-state index contributed by atoms with van der Waals surface area (Å²) in [6.45, 7) is 2.89. The number of rotatable bonds is 4. The molecule has 0 radical (unpaired) electrons. The zero-order valence-corrected chi connectivity index (χ0v) is 7.96. The minimum absolute atomic E-state index is 0.171. The lowest BCUT2D eigenvalue weighted by Gasteiger charge is -2.09. The molecular weight excluding hydrogens is 165 g/mol. The molecule has 0 saturated carbocycles. The molecule has 0 aromatic heterocycles. The fourth-order valence-corrected chi connectivity index (χ4v) is 1.41. The van der Waals surface area contributed by atoms with E-state index in [-0.39, 0.29) is 5.82 Å². The zero-order chi connectivity index (χ0) is 9.68. The molecule has 1 atom stereocenters. The van der Waals surface area contributed by atoms with Gasteiger partial charge in [0, 0.05) is 0 Å². The third kappa shape index (κ3) is 3.55. The maximum atomic E-state index is 12.6. The van der Waals surface area contributed by atoms with Gasteiger partial charge < -0.3 is 5.73 Å². The topological polar surface area (TPSA) is 26.0 Å². The molecule has 1 rings (SSSR count). The lowest BCUT2D eigenvalue weighted by molar-refractivity contribution is 0.537. The van der Waals surface area contributed by atoms with E-state index in [9.17, 15) is 4.39 Å².